The number of hydrogen-bond donors (Lipinski definition) is 1. The molecule has 7 nitrogen and oxygen atoms in total. The van der Waals surface area contributed by atoms with Crippen LogP contribution in [0.25, 0.3) is 0 Å². The highest BCUT2D eigenvalue weighted by molar-refractivity contribution is 7.13. The van der Waals surface area contributed by atoms with E-state index < -0.39 is 13.0 Å². The van der Waals surface area contributed by atoms with Crippen molar-refractivity contribution in [3.63, 3.8) is 0 Å². The lowest BCUT2D eigenvalue weighted by Gasteiger charge is -2.31. The summed E-state index contributed by atoms with van der Waals surface area (Å²) in [7, 11) is 0. The number of fused-ring (bicyclic) bond motifs is 1. The summed E-state index contributed by atoms with van der Waals surface area (Å²) in [6, 6.07) is 2.18. The molecule has 0 saturated heterocycles. The monoisotopic (exact) mass is 494 g/mol. The van der Waals surface area contributed by atoms with Crippen molar-refractivity contribution >= 4 is 17.2 Å². The molecule has 2 fully saturated rings. The normalized spacial score (nSPS) is 23.1. The lowest BCUT2D eigenvalue weighted by molar-refractivity contribution is -0.121. The Balaban J connectivity index is 0.993. The van der Waals surface area contributed by atoms with Gasteiger partial charge in [0.25, 0.3) is 11.6 Å². The molecule has 0 atom stereocenters. The Labute approximate surface area is 202 Å². The lowest BCUT2D eigenvalue weighted by atomic mass is 9.84. The third-order valence-electron chi connectivity index (χ3n) is 7.09. The molecule has 3 heterocycles. The first-order valence-corrected chi connectivity index (χ1v) is 13.2. The van der Waals surface area contributed by atoms with E-state index in [0.717, 1.165) is 74.4 Å². The van der Waals surface area contributed by atoms with Crippen LogP contribution in [0.1, 0.15) is 72.9 Å². The number of nitrogens with zero attached hydrogens (tertiary/aromatic N) is 3. The standard InChI is InChI=1S/C24H32F2N4O3S/c25-22(26)14-32-24-28-20-13-30(10-8-21(20)34-24)9-7-15-1-5-17(6-2-15)27-23(31)12-18-11-19(29-33-18)16-3-4-16/h11,15-17,22H,1-10,12-14H2,(H,27,31)/t15-,17-. The summed E-state index contributed by atoms with van der Waals surface area (Å²) in [6.07, 6.45) is 6.45. The smallest absolute Gasteiger partial charge is 0.273 e. The predicted octanol–water partition coefficient (Wildman–Crippen LogP) is 4.32. The zero-order chi connectivity index (χ0) is 23.5. The largest absolute Gasteiger partial charge is 0.464 e. The van der Waals surface area contributed by atoms with Crippen molar-refractivity contribution < 1.29 is 22.8 Å². The highest BCUT2D eigenvalue weighted by Crippen LogP contribution is 2.39. The Morgan fingerprint density at radius 3 is 2.85 bits per heavy atom. The number of halogens is 2. The summed E-state index contributed by atoms with van der Waals surface area (Å²) < 4.78 is 35.1. The van der Waals surface area contributed by atoms with Crippen LogP contribution in [-0.4, -0.2) is 53.1 Å². The maximum Gasteiger partial charge on any atom is 0.273 e. The van der Waals surface area contributed by atoms with Crippen molar-refractivity contribution in [3.8, 4) is 5.19 Å². The van der Waals surface area contributed by atoms with Gasteiger partial charge in [-0.1, -0.05) is 16.5 Å². The van der Waals surface area contributed by atoms with Gasteiger partial charge in [-0.3, -0.25) is 9.69 Å². The minimum Gasteiger partial charge on any atom is -0.464 e. The Bertz CT molecular complexity index is 969. The first-order valence-electron chi connectivity index (χ1n) is 12.4. The second-order valence-electron chi connectivity index (χ2n) is 9.82. The first-order chi connectivity index (χ1) is 16.5. The molecule has 5 rings (SSSR count). The zero-order valence-corrected chi connectivity index (χ0v) is 20.1. The van der Waals surface area contributed by atoms with E-state index in [1.807, 2.05) is 6.07 Å². The van der Waals surface area contributed by atoms with Gasteiger partial charge in [-0.05, 0) is 63.8 Å². The van der Waals surface area contributed by atoms with Crippen LogP contribution in [0.3, 0.4) is 0 Å². The maximum absolute atomic E-state index is 12.4. The highest BCUT2D eigenvalue weighted by atomic mass is 32.1. The van der Waals surface area contributed by atoms with E-state index in [1.165, 1.54) is 24.2 Å². The maximum atomic E-state index is 12.4. The Hall–Kier alpha value is -2.07. The lowest BCUT2D eigenvalue weighted by Crippen LogP contribution is -2.39. The number of alkyl halides is 2. The molecular weight excluding hydrogens is 462 g/mol. The number of ether oxygens (including phenoxy) is 1. The topological polar surface area (TPSA) is 80.5 Å². The van der Waals surface area contributed by atoms with E-state index >= 15 is 0 Å². The van der Waals surface area contributed by atoms with Crippen LogP contribution in [0.4, 0.5) is 8.78 Å². The number of amides is 1. The molecule has 2 aromatic heterocycles. The van der Waals surface area contributed by atoms with Gasteiger partial charge in [-0.25, -0.2) is 13.8 Å². The fraction of sp³-hybridized carbons (Fsp3) is 0.708. The molecule has 1 amide bonds. The Kier molecular flexibility index (Phi) is 7.43. The molecule has 1 N–H and O–H groups in total. The van der Waals surface area contributed by atoms with E-state index in [9.17, 15) is 13.6 Å². The van der Waals surface area contributed by atoms with E-state index in [2.05, 4.69) is 20.4 Å². The van der Waals surface area contributed by atoms with E-state index in [4.69, 9.17) is 9.26 Å². The van der Waals surface area contributed by atoms with Crippen LogP contribution < -0.4 is 10.1 Å². The molecule has 34 heavy (non-hydrogen) atoms. The van der Waals surface area contributed by atoms with Crippen LogP contribution in [0.5, 0.6) is 5.19 Å². The summed E-state index contributed by atoms with van der Waals surface area (Å²) in [6.45, 7) is 2.15. The number of rotatable bonds is 10. The molecule has 10 heteroatoms. The quantitative estimate of drug-likeness (QED) is 0.530. The fourth-order valence-electron chi connectivity index (χ4n) is 5.00. The Morgan fingerprint density at radius 2 is 2.09 bits per heavy atom. The number of hydrogen-bond acceptors (Lipinski definition) is 7. The minimum absolute atomic E-state index is 0.0197. The van der Waals surface area contributed by atoms with Gasteiger partial charge in [-0.15, -0.1) is 0 Å². The molecule has 2 aromatic rings. The number of nitrogens with one attached hydrogen (secondary N) is 1. The average molecular weight is 495 g/mol. The van der Waals surface area contributed by atoms with E-state index in [-0.39, 0.29) is 18.4 Å². The highest BCUT2D eigenvalue weighted by Gasteiger charge is 2.28. The van der Waals surface area contributed by atoms with Crippen molar-refractivity contribution in [1.82, 2.24) is 20.4 Å². The molecule has 0 aromatic carbocycles. The van der Waals surface area contributed by atoms with Crippen molar-refractivity contribution in [2.24, 2.45) is 5.92 Å². The van der Waals surface area contributed by atoms with Crippen LogP contribution in [0.2, 0.25) is 0 Å². The number of aromatic nitrogens is 2. The summed E-state index contributed by atoms with van der Waals surface area (Å²) in [5.74, 6) is 1.89. The van der Waals surface area contributed by atoms with Crippen molar-refractivity contribution in [1.29, 1.82) is 0 Å². The Morgan fingerprint density at radius 1 is 1.26 bits per heavy atom. The summed E-state index contributed by atoms with van der Waals surface area (Å²) >= 11 is 1.40. The van der Waals surface area contributed by atoms with E-state index in [0.29, 0.717) is 22.8 Å². The number of thiazole rings is 1. The number of carbonyl (C=O) groups excluding carboxylic acids is 1. The minimum atomic E-state index is -2.48. The SMILES string of the molecule is O=C(Cc1cc(C2CC2)no1)N[C@H]1CC[C@H](CCN2CCc3sc(OCC(F)F)nc3C2)CC1. The number of carbonyl (C=O) groups is 1. The van der Waals surface area contributed by atoms with Crippen LogP contribution in [0.15, 0.2) is 10.6 Å². The van der Waals surface area contributed by atoms with Gasteiger partial charge in [0, 0.05) is 36.0 Å². The summed E-state index contributed by atoms with van der Waals surface area (Å²) in [4.78, 5) is 20.4. The van der Waals surface area contributed by atoms with Crippen LogP contribution >= 0.6 is 11.3 Å². The van der Waals surface area contributed by atoms with Gasteiger partial charge < -0.3 is 14.6 Å². The zero-order valence-electron chi connectivity index (χ0n) is 19.3. The van der Waals surface area contributed by atoms with Crippen LogP contribution in [-0.2, 0) is 24.2 Å². The third kappa shape index (κ3) is 6.33. The second kappa shape index (κ2) is 10.7. The third-order valence-corrected chi connectivity index (χ3v) is 8.16. The fourth-order valence-corrected chi connectivity index (χ4v) is 5.91. The second-order valence-corrected chi connectivity index (χ2v) is 10.9. The van der Waals surface area contributed by atoms with Gasteiger partial charge in [0.05, 0.1) is 17.8 Å². The van der Waals surface area contributed by atoms with Gasteiger partial charge in [0.15, 0.2) is 6.61 Å². The van der Waals surface area contributed by atoms with Crippen molar-refractivity contribution in [2.45, 2.75) is 82.7 Å². The summed E-state index contributed by atoms with van der Waals surface area (Å²) in [5, 5.41) is 7.61. The molecule has 186 valence electrons. The first kappa shape index (κ1) is 23.7. The molecule has 0 unspecified atom stereocenters. The van der Waals surface area contributed by atoms with Gasteiger partial charge in [-0.2, -0.15) is 0 Å². The molecule has 2 aliphatic carbocycles. The molecule has 0 bridgehead atoms. The van der Waals surface area contributed by atoms with E-state index in [1.54, 1.807) is 0 Å². The van der Waals surface area contributed by atoms with Crippen molar-refractivity contribution in [2.75, 3.05) is 19.7 Å². The molecule has 3 aliphatic rings. The molecular formula is C24H32F2N4O3S. The van der Waals surface area contributed by atoms with Crippen LogP contribution in [0, 0.1) is 5.92 Å². The van der Waals surface area contributed by atoms with Gasteiger partial charge >= 0.3 is 0 Å². The molecule has 0 radical (unpaired) electrons. The average Bonchev–Trinajstić information content (AvgIpc) is 3.43. The summed E-state index contributed by atoms with van der Waals surface area (Å²) in [5.41, 5.74) is 1.96. The molecule has 0 spiro atoms. The molecule has 1 aliphatic heterocycles. The van der Waals surface area contributed by atoms with Gasteiger partial charge in [0.2, 0.25) is 5.91 Å². The van der Waals surface area contributed by atoms with Gasteiger partial charge in [0.1, 0.15) is 5.76 Å². The predicted molar refractivity (Wildman–Crippen MR) is 123 cm³/mol. The molecule has 2 saturated carbocycles. The van der Waals surface area contributed by atoms with Crippen molar-refractivity contribution in [3.05, 3.63) is 28.1 Å².